The maximum absolute atomic E-state index is 12.4. The van der Waals surface area contributed by atoms with Crippen molar-refractivity contribution in [1.82, 2.24) is 9.71 Å². The maximum atomic E-state index is 12.4. The quantitative estimate of drug-likeness (QED) is 0.938. The molecule has 110 valence electrons. The molecular formula is C15H16N2O3S. The highest BCUT2D eigenvalue weighted by atomic mass is 32.2. The first-order chi connectivity index (χ1) is 10.1. The monoisotopic (exact) mass is 304 g/mol. The lowest BCUT2D eigenvalue weighted by molar-refractivity contribution is 0.356. The van der Waals surface area contributed by atoms with E-state index in [-0.39, 0.29) is 10.9 Å². The summed E-state index contributed by atoms with van der Waals surface area (Å²) in [5.74, 6) is 0.770. The average molecular weight is 304 g/mol. The first-order valence-corrected chi connectivity index (χ1v) is 8.23. The van der Waals surface area contributed by atoms with Gasteiger partial charge in [-0.2, -0.15) is 0 Å². The Morgan fingerprint density at radius 2 is 2.14 bits per heavy atom. The number of nitrogens with zero attached hydrogens (tertiary/aromatic N) is 1. The van der Waals surface area contributed by atoms with Gasteiger partial charge in [0.2, 0.25) is 10.0 Å². The van der Waals surface area contributed by atoms with Crippen LogP contribution in [0.4, 0.5) is 0 Å². The number of hydrogen-bond donors (Lipinski definition) is 1. The van der Waals surface area contributed by atoms with Crippen molar-refractivity contribution in [2.75, 3.05) is 6.61 Å². The molecule has 0 fully saturated rings. The molecule has 6 heteroatoms. The molecule has 2 heterocycles. The highest BCUT2D eigenvalue weighted by molar-refractivity contribution is 7.89. The van der Waals surface area contributed by atoms with Gasteiger partial charge in [-0.15, -0.1) is 0 Å². The molecule has 0 saturated heterocycles. The van der Waals surface area contributed by atoms with E-state index in [1.54, 1.807) is 43.5 Å². The molecule has 1 atom stereocenters. The van der Waals surface area contributed by atoms with Crippen molar-refractivity contribution in [3.8, 4) is 5.75 Å². The van der Waals surface area contributed by atoms with E-state index in [1.165, 1.54) is 0 Å². The number of rotatable bonds is 4. The molecule has 0 radical (unpaired) electrons. The van der Waals surface area contributed by atoms with Crippen LogP contribution in [0.5, 0.6) is 5.75 Å². The minimum absolute atomic E-state index is 0.259. The highest BCUT2D eigenvalue weighted by Gasteiger charge is 2.21. The Balaban J connectivity index is 1.84. The third-order valence-corrected chi connectivity index (χ3v) is 4.97. The van der Waals surface area contributed by atoms with E-state index < -0.39 is 10.0 Å². The molecular weight excluding hydrogens is 288 g/mol. The molecule has 1 aliphatic rings. The van der Waals surface area contributed by atoms with E-state index in [0.29, 0.717) is 12.3 Å². The molecule has 2 aromatic rings. The minimum Gasteiger partial charge on any atom is -0.493 e. The van der Waals surface area contributed by atoms with Crippen LogP contribution >= 0.6 is 0 Å². The van der Waals surface area contributed by atoms with E-state index in [2.05, 4.69) is 9.71 Å². The number of pyridine rings is 1. The van der Waals surface area contributed by atoms with Crippen LogP contribution in [0.2, 0.25) is 0 Å². The summed E-state index contributed by atoms with van der Waals surface area (Å²) in [6, 6.07) is 9.99. The molecule has 1 aromatic heterocycles. The van der Waals surface area contributed by atoms with Crippen LogP contribution in [0.15, 0.2) is 47.5 Å². The van der Waals surface area contributed by atoms with Gasteiger partial charge < -0.3 is 4.74 Å². The molecule has 1 aliphatic heterocycles. The summed E-state index contributed by atoms with van der Waals surface area (Å²) < 4.78 is 32.9. The van der Waals surface area contributed by atoms with Crippen LogP contribution in [0, 0.1) is 0 Å². The standard InChI is InChI=1S/C15H16N2O3S/c1-11(14-4-2-3-8-16-14)17-21(18,19)13-5-6-15-12(10-13)7-9-20-15/h2-6,8,10-11,17H,7,9H2,1H3. The Labute approximate surface area is 124 Å². The predicted octanol–water partition coefficient (Wildman–Crippen LogP) is 2.06. The minimum atomic E-state index is -3.57. The van der Waals surface area contributed by atoms with E-state index >= 15 is 0 Å². The first-order valence-electron chi connectivity index (χ1n) is 6.75. The zero-order chi connectivity index (χ0) is 14.9. The van der Waals surface area contributed by atoms with Gasteiger partial charge in [0.15, 0.2) is 0 Å². The van der Waals surface area contributed by atoms with Gasteiger partial charge in [-0.25, -0.2) is 13.1 Å². The number of sulfonamides is 1. The van der Waals surface area contributed by atoms with Crippen LogP contribution < -0.4 is 9.46 Å². The summed E-state index contributed by atoms with van der Waals surface area (Å²) in [5, 5.41) is 0. The molecule has 0 amide bonds. The van der Waals surface area contributed by atoms with Crippen LogP contribution in [0.25, 0.3) is 0 Å². The van der Waals surface area contributed by atoms with Crippen molar-refractivity contribution in [3.63, 3.8) is 0 Å². The van der Waals surface area contributed by atoms with E-state index in [1.807, 2.05) is 6.07 Å². The number of ether oxygens (including phenoxy) is 1. The topological polar surface area (TPSA) is 68.3 Å². The molecule has 21 heavy (non-hydrogen) atoms. The molecule has 3 rings (SSSR count). The lowest BCUT2D eigenvalue weighted by atomic mass is 10.2. The molecule has 0 saturated carbocycles. The summed E-state index contributed by atoms with van der Waals surface area (Å²) in [6.07, 6.45) is 2.39. The number of fused-ring (bicyclic) bond motifs is 1. The SMILES string of the molecule is CC(NS(=O)(=O)c1ccc2c(c1)CCO2)c1ccccn1. The van der Waals surface area contributed by atoms with Crippen molar-refractivity contribution in [2.24, 2.45) is 0 Å². The third-order valence-electron chi connectivity index (χ3n) is 3.43. The fourth-order valence-electron chi connectivity index (χ4n) is 2.32. The highest BCUT2D eigenvalue weighted by Crippen LogP contribution is 2.28. The van der Waals surface area contributed by atoms with E-state index in [4.69, 9.17) is 4.74 Å². The molecule has 0 bridgehead atoms. The second-order valence-electron chi connectivity index (χ2n) is 4.97. The number of nitrogens with one attached hydrogen (secondary N) is 1. The Kier molecular flexibility index (Phi) is 3.65. The van der Waals surface area contributed by atoms with Crippen LogP contribution in [-0.2, 0) is 16.4 Å². The van der Waals surface area contributed by atoms with Gasteiger partial charge in [-0.1, -0.05) is 6.07 Å². The largest absolute Gasteiger partial charge is 0.493 e. The van der Waals surface area contributed by atoms with Crippen LogP contribution in [0.3, 0.4) is 0 Å². The Morgan fingerprint density at radius 3 is 2.90 bits per heavy atom. The van der Waals surface area contributed by atoms with Crippen molar-refractivity contribution in [3.05, 3.63) is 53.9 Å². The first kappa shape index (κ1) is 14.0. The van der Waals surface area contributed by atoms with Crippen molar-refractivity contribution >= 4 is 10.0 Å². The second-order valence-corrected chi connectivity index (χ2v) is 6.68. The Morgan fingerprint density at radius 1 is 1.29 bits per heavy atom. The molecule has 0 spiro atoms. The van der Waals surface area contributed by atoms with Crippen molar-refractivity contribution < 1.29 is 13.2 Å². The van der Waals surface area contributed by atoms with Crippen molar-refractivity contribution in [1.29, 1.82) is 0 Å². The fraction of sp³-hybridized carbons (Fsp3) is 0.267. The lowest BCUT2D eigenvalue weighted by Crippen LogP contribution is -2.27. The van der Waals surface area contributed by atoms with Gasteiger partial charge in [0, 0.05) is 12.6 Å². The van der Waals surface area contributed by atoms with Gasteiger partial charge in [-0.3, -0.25) is 4.98 Å². The smallest absolute Gasteiger partial charge is 0.241 e. The number of benzene rings is 1. The summed E-state index contributed by atoms with van der Waals surface area (Å²) in [4.78, 5) is 4.43. The second kappa shape index (κ2) is 5.46. The fourth-order valence-corrected chi connectivity index (χ4v) is 3.59. The summed E-state index contributed by atoms with van der Waals surface area (Å²) in [6.45, 7) is 2.38. The van der Waals surface area contributed by atoms with Gasteiger partial charge in [0.05, 0.1) is 23.2 Å². The predicted molar refractivity (Wildman–Crippen MR) is 78.6 cm³/mol. The molecule has 1 N–H and O–H groups in total. The normalized spacial score (nSPS) is 15.3. The summed E-state index contributed by atoms with van der Waals surface area (Å²) in [5.41, 5.74) is 1.62. The van der Waals surface area contributed by atoms with Gasteiger partial charge in [0.1, 0.15) is 5.75 Å². The summed E-state index contributed by atoms with van der Waals surface area (Å²) >= 11 is 0. The zero-order valence-electron chi connectivity index (χ0n) is 11.6. The maximum Gasteiger partial charge on any atom is 0.241 e. The Hall–Kier alpha value is -1.92. The Bertz CT molecular complexity index is 745. The zero-order valence-corrected chi connectivity index (χ0v) is 12.4. The lowest BCUT2D eigenvalue weighted by Gasteiger charge is -2.14. The number of hydrogen-bond acceptors (Lipinski definition) is 4. The van der Waals surface area contributed by atoms with E-state index in [0.717, 1.165) is 17.7 Å². The van der Waals surface area contributed by atoms with Crippen LogP contribution in [0.1, 0.15) is 24.2 Å². The van der Waals surface area contributed by atoms with Gasteiger partial charge in [-0.05, 0) is 42.8 Å². The van der Waals surface area contributed by atoms with Crippen LogP contribution in [-0.4, -0.2) is 20.0 Å². The van der Waals surface area contributed by atoms with Gasteiger partial charge >= 0.3 is 0 Å². The van der Waals surface area contributed by atoms with E-state index in [9.17, 15) is 8.42 Å². The third kappa shape index (κ3) is 2.91. The molecule has 1 aromatic carbocycles. The van der Waals surface area contributed by atoms with Gasteiger partial charge in [0.25, 0.3) is 0 Å². The average Bonchev–Trinajstić information content (AvgIpc) is 2.95. The molecule has 0 aliphatic carbocycles. The summed E-state index contributed by atoms with van der Waals surface area (Å²) in [7, 11) is -3.57. The molecule has 5 nitrogen and oxygen atoms in total. The molecule has 1 unspecified atom stereocenters. The van der Waals surface area contributed by atoms with Crippen molar-refractivity contribution in [2.45, 2.75) is 24.3 Å². The number of aromatic nitrogens is 1.